The fourth-order valence-electron chi connectivity index (χ4n) is 2.77. The number of H-pyrrole nitrogens is 1. The zero-order valence-corrected chi connectivity index (χ0v) is 17.7. The van der Waals surface area contributed by atoms with Crippen molar-refractivity contribution in [3.8, 4) is 0 Å². The minimum absolute atomic E-state index is 0.0524. The zero-order valence-electron chi connectivity index (χ0n) is 16.1. The van der Waals surface area contributed by atoms with E-state index in [1.54, 1.807) is 6.07 Å². The summed E-state index contributed by atoms with van der Waals surface area (Å²) in [7, 11) is 1.20. The Kier molecular flexibility index (Phi) is 7.08. The van der Waals surface area contributed by atoms with Crippen LogP contribution >= 0.6 is 15.9 Å². The Morgan fingerprint density at radius 2 is 1.87 bits per heavy atom. The van der Waals surface area contributed by atoms with Gasteiger partial charge >= 0.3 is 12.1 Å². The molecule has 0 saturated carbocycles. The summed E-state index contributed by atoms with van der Waals surface area (Å²) >= 11 is 3.43. The second kappa shape index (κ2) is 9.93. The number of hydrogen-bond acceptors (Lipinski definition) is 5. The van der Waals surface area contributed by atoms with Gasteiger partial charge in [-0.05, 0) is 23.8 Å². The highest BCUT2D eigenvalue weighted by Crippen LogP contribution is 2.24. The molecule has 3 aromatic rings. The smallest absolute Gasteiger partial charge is 0.408 e. The topological polar surface area (TPSA) is 110 Å². The van der Waals surface area contributed by atoms with Gasteiger partial charge in [0.1, 0.15) is 18.3 Å². The van der Waals surface area contributed by atoms with Crippen molar-refractivity contribution in [3.63, 3.8) is 0 Å². The molecule has 30 heavy (non-hydrogen) atoms. The fraction of sp³-hybridized carbons (Fsp3) is 0.190. The summed E-state index contributed by atoms with van der Waals surface area (Å²) in [5.74, 6) is -1.13. The van der Waals surface area contributed by atoms with Gasteiger partial charge in [-0.1, -0.05) is 52.3 Å². The zero-order chi connectivity index (χ0) is 21.5. The molecule has 1 atom stereocenters. The van der Waals surface area contributed by atoms with Crippen molar-refractivity contribution in [2.45, 2.75) is 12.6 Å². The molecule has 0 fully saturated rings. The molecule has 0 aliphatic heterocycles. The van der Waals surface area contributed by atoms with Crippen LogP contribution in [0.1, 0.15) is 16.1 Å². The number of fused-ring (bicyclic) bond motifs is 1. The molecule has 0 unspecified atom stereocenters. The normalized spacial score (nSPS) is 11.5. The molecule has 8 nitrogen and oxygen atoms in total. The highest BCUT2D eigenvalue weighted by molar-refractivity contribution is 9.10. The summed E-state index contributed by atoms with van der Waals surface area (Å²) in [6, 6.07) is 15.3. The molecule has 1 heterocycles. The first kappa shape index (κ1) is 21.4. The van der Waals surface area contributed by atoms with Crippen molar-refractivity contribution < 1.29 is 23.9 Å². The molecule has 0 bridgehead atoms. The summed E-state index contributed by atoms with van der Waals surface area (Å²) in [6.45, 7) is -0.112. The number of rotatable bonds is 7. The van der Waals surface area contributed by atoms with Gasteiger partial charge in [0.15, 0.2) is 0 Å². The number of amides is 2. The third-order valence-electron chi connectivity index (χ3n) is 4.31. The molecule has 2 amide bonds. The van der Waals surface area contributed by atoms with Crippen molar-refractivity contribution in [3.05, 3.63) is 70.3 Å². The number of alkyl carbamates (subject to hydrolysis) is 1. The molecular formula is C21H20BrN3O5. The van der Waals surface area contributed by atoms with Gasteiger partial charge in [0.25, 0.3) is 5.91 Å². The Bertz CT molecular complexity index is 1050. The van der Waals surface area contributed by atoms with Crippen LogP contribution in [0, 0.1) is 0 Å². The molecule has 3 rings (SSSR count). The number of benzene rings is 2. The number of hydrogen-bond donors (Lipinski definition) is 3. The molecule has 9 heteroatoms. The van der Waals surface area contributed by atoms with E-state index < -0.39 is 24.0 Å². The van der Waals surface area contributed by atoms with Gasteiger partial charge in [-0.15, -0.1) is 0 Å². The molecule has 2 aromatic carbocycles. The van der Waals surface area contributed by atoms with Crippen LogP contribution in [0.15, 0.2) is 59.1 Å². The number of aromatic nitrogens is 1. The van der Waals surface area contributed by atoms with E-state index in [9.17, 15) is 14.4 Å². The predicted molar refractivity (Wildman–Crippen MR) is 114 cm³/mol. The van der Waals surface area contributed by atoms with Gasteiger partial charge in [-0.3, -0.25) is 4.79 Å². The average Bonchev–Trinajstić information content (AvgIpc) is 3.21. The summed E-state index contributed by atoms with van der Waals surface area (Å²) < 4.78 is 10.7. The van der Waals surface area contributed by atoms with Crippen LogP contribution in [-0.4, -0.2) is 42.7 Å². The number of esters is 1. The van der Waals surface area contributed by atoms with Crippen LogP contribution in [0.4, 0.5) is 4.79 Å². The molecule has 0 radical (unpaired) electrons. The maximum absolute atomic E-state index is 12.5. The quantitative estimate of drug-likeness (QED) is 0.456. The van der Waals surface area contributed by atoms with E-state index in [0.717, 1.165) is 20.9 Å². The average molecular weight is 474 g/mol. The SMILES string of the molecule is COC(=O)[C@@H](CNC(=O)c1cc2c(Br)cccc2[nH]1)NC(=O)OCc1ccccc1. The molecular weight excluding hydrogens is 454 g/mol. The van der Waals surface area contributed by atoms with E-state index in [-0.39, 0.29) is 13.2 Å². The molecule has 0 aliphatic carbocycles. The summed E-state index contributed by atoms with van der Waals surface area (Å²) in [5.41, 5.74) is 1.93. The second-order valence-electron chi connectivity index (χ2n) is 6.38. The van der Waals surface area contributed by atoms with E-state index in [4.69, 9.17) is 9.47 Å². The number of halogens is 1. The summed E-state index contributed by atoms with van der Waals surface area (Å²) in [4.78, 5) is 39.5. The van der Waals surface area contributed by atoms with Crippen LogP contribution < -0.4 is 10.6 Å². The lowest BCUT2D eigenvalue weighted by Gasteiger charge is -2.17. The first-order chi connectivity index (χ1) is 14.5. The molecule has 1 aromatic heterocycles. The van der Waals surface area contributed by atoms with Crippen molar-refractivity contribution in [2.75, 3.05) is 13.7 Å². The fourth-order valence-corrected chi connectivity index (χ4v) is 3.25. The Labute approximate surface area is 181 Å². The van der Waals surface area contributed by atoms with Crippen molar-refractivity contribution in [1.82, 2.24) is 15.6 Å². The van der Waals surface area contributed by atoms with Crippen molar-refractivity contribution in [1.29, 1.82) is 0 Å². The van der Waals surface area contributed by atoms with Gasteiger partial charge in [-0.25, -0.2) is 9.59 Å². The van der Waals surface area contributed by atoms with Crippen LogP contribution in [0.2, 0.25) is 0 Å². The number of aromatic amines is 1. The third-order valence-corrected chi connectivity index (χ3v) is 5.00. The summed E-state index contributed by atoms with van der Waals surface area (Å²) in [6.07, 6.45) is -0.793. The number of methoxy groups -OCH3 is 1. The highest BCUT2D eigenvalue weighted by Gasteiger charge is 2.23. The van der Waals surface area contributed by atoms with Gasteiger partial charge in [-0.2, -0.15) is 0 Å². The Morgan fingerprint density at radius 3 is 2.57 bits per heavy atom. The van der Waals surface area contributed by atoms with Gasteiger partial charge in [0.05, 0.1) is 7.11 Å². The minimum Gasteiger partial charge on any atom is -0.467 e. The number of carbonyl (C=O) groups is 3. The third kappa shape index (κ3) is 5.38. The van der Waals surface area contributed by atoms with E-state index >= 15 is 0 Å². The van der Waals surface area contributed by atoms with E-state index in [1.807, 2.05) is 48.5 Å². The molecule has 0 spiro atoms. The second-order valence-corrected chi connectivity index (χ2v) is 7.23. The van der Waals surface area contributed by atoms with Crippen LogP contribution in [-0.2, 0) is 20.9 Å². The van der Waals surface area contributed by atoms with Crippen LogP contribution in [0.25, 0.3) is 10.9 Å². The van der Waals surface area contributed by atoms with Gasteiger partial charge in [0.2, 0.25) is 0 Å². The van der Waals surface area contributed by atoms with Crippen molar-refractivity contribution in [2.24, 2.45) is 0 Å². The lowest BCUT2D eigenvalue weighted by Crippen LogP contribution is -2.49. The van der Waals surface area contributed by atoms with E-state index in [0.29, 0.717) is 5.69 Å². The monoisotopic (exact) mass is 473 g/mol. The maximum atomic E-state index is 12.5. The number of ether oxygens (including phenoxy) is 2. The predicted octanol–water partition coefficient (Wildman–Crippen LogP) is 3.13. The Hall–Kier alpha value is -3.33. The molecule has 0 saturated heterocycles. The van der Waals surface area contributed by atoms with Crippen molar-refractivity contribution >= 4 is 44.8 Å². The van der Waals surface area contributed by atoms with Gasteiger partial charge in [0, 0.05) is 21.9 Å². The van der Waals surface area contributed by atoms with E-state index in [1.165, 1.54) is 7.11 Å². The highest BCUT2D eigenvalue weighted by atomic mass is 79.9. The van der Waals surface area contributed by atoms with Crippen LogP contribution in [0.3, 0.4) is 0 Å². The van der Waals surface area contributed by atoms with Crippen LogP contribution in [0.5, 0.6) is 0 Å². The largest absolute Gasteiger partial charge is 0.467 e. The first-order valence-electron chi connectivity index (χ1n) is 9.08. The number of carbonyl (C=O) groups excluding carboxylic acids is 3. The Balaban J connectivity index is 1.58. The first-order valence-corrected chi connectivity index (χ1v) is 9.87. The summed E-state index contributed by atoms with van der Waals surface area (Å²) in [5, 5.41) is 5.89. The Morgan fingerprint density at radius 1 is 1.10 bits per heavy atom. The maximum Gasteiger partial charge on any atom is 0.408 e. The minimum atomic E-state index is -1.10. The number of nitrogens with one attached hydrogen (secondary N) is 3. The molecule has 3 N–H and O–H groups in total. The van der Waals surface area contributed by atoms with E-state index in [2.05, 4.69) is 31.5 Å². The standard InChI is InChI=1S/C21H20BrN3O5/c1-29-20(27)18(25-21(28)30-12-13-6-3-2-4-7-13)11-23-19(26)17-10-14-15(22)8-5-9-16(14)24-17/h2-10,18,24H,11-12H2,1H3,(H,23,26)(H,25,28)/t18-/m1/s1. The lowest BCUT2D eigenvalue weighted by atomic mass is 10.2. The van der Waals surface area contributed by atoms with Gasteiger partial charge < -0.3 is 25.1 Å². The lowest BCUT2D eigenvalue weighted by molar-refractivity contribution is -0.142. The molecule has 0 aliphatic rings. The molecule has 156 valence electrons.